The quantitative estimate of drug-likeness (QED) is 0.832. The summed E-state index contributed by atoms with van der Waals surface area (Å²) in [6.45, 7) is 7.37. The highest BCUT2D eigenvalue weighted by Crippen LogP contribution is 2.39. The molecule has 2 rings (SSSR count). The molecule has 0 radical (unpaired) electrons. The lowest BCUT2D eigenvalue weighted by Crippen LogP contribution is -2.25. The van der Waals surface area contributed by atoms with E-state index < -0.39 is 0 Å². The number of aliphatic hydroxyl groups excluding tert-OH is 1. The van der Waals surface area contributed by atoms with Gasteiger partial charge in [-0.05, 0) is 24.1 Å². The predicted molar refractivity (Wildman–Crippen MR) is 62.3 cm³/mol. The van der Waals surface area contributed by atoms with Crippen molar-refractivity contribution in [1.29, 1.82) is 0 Å². The fraction of sp³-hybridized carbons (Fsp3) is 0.538. The second-order valence-electron chi connectivity index (χ2n) is 4.80. The van der Waals surface area contributed by atoms with E-state index in [9.17, 15) is 5.11 Å². The maximum Gasteiger partial charge on any atom is 0.164 e. The van der Waals surface area contributed by atoms with E-state index >= 15 is 0 Å². The zero-order valence-corrected chi connectivity index (χ0v) is 10.0. The monoisotopic (exact) mass is 222 g/mol. The van der Waals surface area contributed by atoms with Gasteiger partial charge in [0.15, 0.2) is 11.5 Å². The van der Waals surface area contributed by atoms with Crippen LogP contribution in [0.3, 0.4) is 0 Å². The van der Waals surface area contributed by atoms with Crippen LogP contribution in [0.4, 0.5) is 0 Å². The van der Waals surface area contributed by atoms with Crippen LogP contribution in [-0.4, -0.2) is 24.9 Å². The lowest BCUT2D eigenvalue weighted by molar-refractivity contribution is 0.169. The smallest absolute Gasteiger partial charge is 0.164 e. The molecule has 0 aromatic heterocycles. The Morgan fingerprint density at radius 2 is 1.94 bits per heavy atom. The first-order valence-electron chi connectivity index (χ1n) is 5.57. The molecule has 0 unspecified atom stereocenters. The molecule has 0 saturated carbocycles. The van der Waals surface area contributed by atoms with Gasteiger partial charge in [-0.1, -0.05) is 19.9 Å². The van der Waals surface area contributed by atoms with Gasteiger partial charge in [-0.25, -0.2) is 0 Å². The minimum absolute atomic E-state index is 0.119. The lowest BCUT2D eigenvalue weighted by atomic mass is 9.82. The first kappa shape index (κ1) is 11.3. The molecule has 3 heteroatoms. The van der Waals surface area contributed by atoms with Crippen molar-refractivity contribution in [1.82, 2.24) is 0 Å². The molecule has 0 fully saturated rings. The fourth-order valence-electron chi connectivity index (χ4n) is 2.07. The van der Waals surface area contributed by atoms with Gasteiger partial charge in [0.25, 0.3) is 0 Å². The average Bonchev–Trinajstić information content (AvgIpc) is 2.29. The summed E-state index contributed by atoms with van der Waals surface area (Å²) < 4.78 is 11.1. The Labute approximate surface area is 96.0 Å². The summed E-state index contributed by atoms with van der Waals surface area (Å²) in [6.07, 6.45) is 0. The van der Waals surface area contributed by atoms with Gasteiger partial charge in [0.2, 0.25) is 0 Å². The normalized spacial score (nSPS) is 15.0. The van der Waals surface area contributed by atoms with Crippen molar-refractivity contribution in [2.24, 2.45) is 0 Å². The number of benzene rings is 1. The highest BCUT2D eigenvalue weighted by Gasteiger charge is 2.25. The standard InChI is InChI=1S/C13H18O3/c1-9-10(13(2,3)8-14)4-5-11-12(9)16-7-6-15-11/h4-5,14H,6-8H2,1-3H3. The average molecular weight is 222 g/mol. The first-order valence-corrected chi connectivity index (χ1v) is 5.57. The molecule has 0 amide bonds. The molecule has 1 aromatic rings. The van der Waals surface area contributed by atoms with E-state index in [-0.39, 0.29) is 12.0 Å². The molecule has 3 nitrogen and oxygen atoms in total. The van der Waals surface area contributed by atoms with E-state index in [0.29, 0.717) is 13.2 Å². The third-order valence-corrected chi connectivity index (χ3v) is 3.08. The third-order valence-electron chi connectivity index (χ3n) is 3.08. The van der Waals surface area contributed by atoms with Crippen molar-refractivity contribution in [3.8, 4) is 11.5 Å². The molecule has 1 heterocycles. The fourth-order valence-corrected chi connectivity index (χ4v) is 2.07. The van der Waals surface area contributed by atoms with Gasteiger partial charge >= 0.3 is 0 Å². The SMILES string of the molecule is Cc1c(C(C)(C)CO)ccc2c1OCCO2. The molecule has 16 heavy (non-hydrogen) atoms. The molecule has 0 spiro atoms. The molecule has 0 aliphatic carbocycles. The van der Waals surface area contributed by atoms with Crippen LogP contribution in [-0.2, 0) is 5.41 Å². The summed E-state index contributed by atoms with van der Waals surface area (Å²) in [5, 5.41) is 9.40. The molecule has 0 saturated heterocycles. The van der Waals surface area contributed by atoms with Crippen LogP contribution in [0.25, 0.3) is 0 Å². The van der Waals surface area contributed by atoms with Gasteiger partial charge in [0, 0.05) is 5.41 Å². The van der Waals surface area contributed by atoms with E-state index in [0.717, 1.165) is 22.6 Å². The summed E-state index contributed by atoms with van der Waals surface area (Å²) in [6, 6.07) is 3.94. The highest BCUT2D eigenvalue weighted by molar-refractivity contribution is 5.52. The van der Waals surface area contributed by atoms with Crippen LogP contribution in [0.5, 0.6) is 11.5 Å². The van der Waals surface area contributed by atoms with Crippen molar-refractivity contribution in [2.45, 2.75) is 26.2 Å². The molecular formula is C13H18O3. The van der Waals surface area contributed by atoms with Crippen LogP contribution in [0.2, 0.25) is 0 Å². The van der Waals surface area contributed by atoms with E-state index in [4.69, 9.17) is 9.47 Å². The summed E-state index contributed by atoms with van der Waals surface area (Å²) in [5.41, 5.74) is 1.93. The van der Waals surface area contributed by atoms with Gasteiger partial charge in [-0.15, -0.1) is 0 Å². The van der Waals surface area contributed by atoms with E-state index in [1.807, 2.05) is 32.9 Å². The molecule has 1 N–H and O–H groups in total. The Hall–Kier alpha value is -1.22. The van der Waals surface area contributed by atoms with Crippen LogP contribution in [0, 0.1) is 6.92 Å². The maximum absolute atomic E-state index is 9.40. The summed E-state index contributed by atoms with van der Waals surface area (Å²) in [4.78, 5) is 0. The first-order chi connectivity index (χ1) is 7.56. The molecule has 88 valence electrons. The Kier molecular flexibility index (Phi) is 2.80. The van der Waals surface area contributed by atoms with Gasteiger partial charge in [0.1, 0.15) is 13.2 Å². The van der Waals surface area contributed by atoms with Crippen LogP contribution in [0.1, 0.15) is 25.0 Å². The molecule has 1 aliphatic heterocycles. The second-order valence-corrected chi connectivity index (χ2v) is 4.80. The highest BCUT2D eigenvalue weighted by atomic mass is 16.6. The maximum atomic E-state index is 9.40. The molecule has 0 bridgehead atoms. The van der Waals surface area contributed by atoms with E-state index in [1.165, 1.54) is 0 Å². The minimum atomic E-state index is -0.250. The summed E-state index contributed by atoms with van der Waals surface area (Å²) in [7, 11) is 0. The third kappa shape index (κ3) is 1.76. The zero-order valence-electron chi connectivity index (χ0n) is 10.0. The van der Waals surface area contributed by atoms with Crippen molar-refractivity contribution in [3.05, 3.63) is 23.3 Å². The molecule has 0 atom stereocenters. The number of ether oxygens (including phenoxy) is 2. The van der Waals surface area contributed by atoms with Crippen molar-refractivity contribution in [2.75, 3.05) is 19.8 Å². The van der Waals surface area contributed by atoms with Gasteiger partial charge in [-0.3, -0.25) is 0 Å². The predicted octanol–water partition coefficient (Wildman–Crippen LogP) is 2.04. The number of hydrogen-bond donors (Lipinski definition) is 1. The van der Waals surface area contributed by atoms with Crippen LogP contribution in [0.15, 0.2) is 12.1 Å². The molecule has 1 aromatic carbocycles. The van der Waals surface area contributed by atoms with Crippen LogP contribution >= 0.6 is 0 Å². The zero-order chi connectivity index (χ0) is 11.8. The molecular weight excluding hydrogens is 204 g/mol. The second kappa shape index (κ2) is 3.98. The number of hydrogen-bond acceptors (Lipinski definition) is 3. The Balaban J connectivity index is 2.50. The Morgan fingerprint density at radius 1 is 1.25 bits per heavy atom. The largest absolute Gasteiger partial charge is 0.486 e. The minimum Gasteiger partial charge on any atom is -0.486 e. The van der Waals surface area contributed by atoms with Crippen LogP contribution < -0.4 is 9.47 Å². The Bertz CT molecular complexity index is 396. The van der Waals surface area contributed by atoms with Crippen molar-refractivity contribution in [3.63, 3.8) is 0 Å². The summed E-state index contributed by atoms with van der Waals surface area (Å²) >= 11 is 0. The van der Waals surface area contributed by atoms with Crippen molar-refractivity contribution < 1.29 is 14.6 Å². The number of aliphatic hydroxyl groups is 1. The van der Waals surface area contributed by atoms with E-state index in [2.05, 4.69) is 0 Å². The topological polar surface area (TPSA) is 38.7 Å². The van der Waals surface area contributed by atoms with Gasteiger partial charge in [-0.2, -0.15) is 0 Å². The number of rotatable bonds is 2. The lowest BCUT2D eigenvalue weighted by Gasteiger charge is -2.28. The number of fused-ring (bicyclic) bond motifs is 1. The van der Waals surface area contributed by atoms with E-state index in [1.54, 1.807) is 0 Å². The summed E-state index contributed by atoms with van der Waals surface area (Å²) in [5.74, 6) is 1.63. The van der Waals surface area contributed by atoms with Gasteiger partial charge in [0.05, 0.1) is 6.61 Å². The Morgan fingerprint density at radius 3 is 2.62 bits per heavy atom. The van der Waals surface area contributed by atoms with Crippen molar-refractivity contribution >= 4 is 0 Å². The van der Waals surface area contributed by atoms with Gasteiger partial charge < -0.3 is 14.6 Å². The molecule has 1 aliphatic rings.